The third-order valence-electron chi connectivity index (χ3n) is 6.83. The van der Waals surface area contributed by atoms with Gasteiger partial charge in [-0.05, 0) is 38.3 Å². The lowest BCUT2D eigenvalue weighted by Gasteiger charge is -2.43. The first-order chi connectivity index (χ1) is 15.5. The van der Waals surface area contributed by atoms with Gasteiger partial charge in [0.25, 0.3) is 0 Å². The summed E-state index contributed by atoms with van der Waals surface area (Å²) in [6.07, 6.45) is 13.8. The van der Waals surface area contributed by atoms with E-state index < -0.39 is 11.2 Å². The molecule has 3 aliphatic rings. The lowest BCUT2D eigenvalue weighted by atomic mass is 9.82. The minimum Gasteiger partial charge on any atom is -0.456 e. The molecule has 32 heavy (non-hydrogen) atoms. The molecule has 2 fully saturated rings. The predicted molar refractivity (Wildman–Crippen MR) is 119 cm³/mol. The lowest BCUT2D eigenvalue weighted by Crippen LogP contribution is -2.51. The Morgan fingerprint density at radius 3 is 2.41 bits per heavy atom. The van der Waals surface area contributed by atoms with Crippen LogP contribution in [0.4, 0.5) is 0 Å². The molecule has 0 radical (unpaired) electrons. The number of ether oxygens (including phenoxy) is 1. The first-order valence-corrected chi connectivity index (χ1v) is 12.1. The molecule has 1 aromatic rings. The van der Waals surface area contributed by atoms with E-state index in [1.54, 1.807) is 0 Å². The average Bonchev–Trinajstić information content (AvgIpc) is 3.09. The number of esters is 1. The number of hydrogen-bond donors (Lipinski definition) is 0. The highest BCUT2D eigenvalue weighted by Crippen LogP contribution is 2.44. The summed E-state index contributed by atoms with van der Waals surface area (Å²) < 4.78 is 5.53. The molecule has 6 nitrogen and oxygen atoms in total. The van der Waals surface area contributed by atoms with Crippen LogP contribution in [0.5, 0.6) is 0 Å². The van der Waals surface area contributed by atoms with Crippen LogP contribution in [0, 0.1) is 0 Å². The number of carbonyl (C=O) groups excluding carboxylic acids is 1. The molecule has 0 unspecified atom stereocenters. The van der Waals surface area contributed by atoms with E-state index in [0.29, 0.717) is 6.42 Å². The largest absolute Gasteiger partial charge is 0.456 e. The predicted octanol–water partition coefficient (Wildman–Crippen LogP) is 5.92. The zero-order valence-corrected chi connectivity index (χ0v) is 19.3. The van der Waals surface area contributed by atoms with Gasteiger partial charge in [-0.1, -0.05) is 74.9 Å². The molecule has 0 saturated carbocycles. The van der Waals surface area contributed by atoms with Crippen LogP contribution < -0.4 is 0 Å². The number of fused-ring (bicyclic) bond motifs is 1. The summed E-state index contributed by atoms with van der Waals surface area (Å²) in [5, 5.41) is 0. The summed E-state index contributed by atoms with van der Waals surface area (Å²) in [6, 6.07) is 10.1. The molecule has 0 amide bonds. The standard InChI is InChI=1S/C26H36O6/c1-25(19-26(2)23(31-32-25)18-24(27)28-26)17-11-6-4-3-5-10-14-21-15-16-22(30-29-21)20-12-8-7-9-13-20/h7-9,12-13,15-16,21-23H,3-6,10-11,14,17-19H2,1-2H3/t21-,22+,23-,25-,26-/m0/s1. The maximum Gasteiger partial charge on any atom is 0.309 e. The fourth-order valence-electron chi connectivity index (χ4n) is 5.02. The van der Waals surface area contributed by atoms with Gasteiger partial charge in [0.2, 0.25) is 0 Å². The Morgan fingerprint density at radius 2 is 1.66 bits per heavy atom. The molecular weight excluding hydrogens is 408 g/mol. The molecule has 5 atom stereocenters. The SMILES string of the molecule is C[C@]1(CCCCCCCC[C@H]2C=C[C@H](c3ccccc3)OO2)C[C@]2(C)OC(=O)C[C@@H]2OO1. The Bertz CT molecular complexity index is 780. The maximum atomic E-state index is 11.6. The normalized spacial score (nSPS) is 34.3. The number of unbranched alkanes of at least 4 members (excludes halogenated alkanes) is 5. The van der Waals surface area contributed by atoms with Crippen LogP contribution in [0.1, 0.15) is 89.7 Å². The van der Waals surface area contributed by atoms with Crippen molar-refractivity contribution in [3.63, 3.8) is 0 Å². The minimum absolute atomic E-state index is 0.0493. The van der Waals surface area contributed by atoms with Crippen molar-refractivity contribution < 1.29 is 29.1 Å². The van der Waals surface area contributed by atoms with Crippen molar-refractivity contribution in [3.05, 3.63) is 48.0 Å². The molecule has 6 heteroatoms. The van der Waals surface area contributed by atoms with Crippen molar-refractivity contribution in [2.24, 2.45) is 0 Å². The summed E-state index contributed by atoms with van der Waals surface area (Å²) >= 11 is 0. The lowest BCUT2D eigenvalue weighted by molar-refractivity contribution is -0.428. The van der Waals surface area contributed by atoms with E-state index in [4.69, 9.17) is 24.3 Å². The molecule has 2 saturated heterocycles. The highest BCUT2D eigenvalue weighted by Gasteiger charge is 2.55. The van der Waals surface area contributed by atoms with E-state index >= 15 is 0 Å². The summed E-state index contributed by atoms with van der Waals surface area (Å²) in [6.45, 7) is 4.02. The van der Waals surface area contributed by atoms with E-state index in [0.717, 1.165) is 31.2 Å². The summed E-state index contributed by atoms with van der Waals surface area (Å²) in [7, 11) is 0. The number of hydrogen-bond acceptors (Lipinski definition) is 6. The average molecular weight is 445 g/mol. The van der Waals surface area contributed by atoms with Gasteiger partial charge in [0.1, 0.15) is 29.5 Å². The van der Waals surface area contributed by atoms with Crippen LogP contribution in [0.25, 0.3) is 0 Å². The first kappa shape index (κ1) is 23.4. The molecule has 4 rings (SSSR count). The van der Waals surface area contributed by atoms with Gasteiger partial charge in [-0.25, -0.2) is 19.6 Å². The van der Waals surface area contributed by atoms with E-state index in [9.17, 15) is 4.79 Å². The monoisotopic (exact) mass is 444 g/mol. The van der Waals surface area contributed by atoms with Gasteiger partial charge < -0.3 is 4.74 Å². The Hall–Kier alpha value is -1.73. The summed E-state index contributed by atoms with van der Waals surface area (Å²) in [4.78, 5) is 33.9. The highest BCUT2D eigenvalue weighted by atomic mass is 17.2. The Kier molecular flexibility index (Phi) is 7.66. The Morgan fingerprint density at radius 1 is 0.906 bits per heavy atom. The zero-order valence-electron chi connectivity index (χ0n) is 19.3. The molecule has 0 N–H and O–H groups in total. The fourth-order valence-corrected chi connectivity index (χ4v) is 5.02. The molecule has 0 bridgehead atoms. The third kappa shape index (κ3) is 5.98. The van der Waals surface area contributed by atoms with Crippen LogP contribution in [-0.4, -0.2) is 29.4 Å². The molecule has 0 aromatic heterocycles. The number of carbonyl (C=O) groups is 1. The molecule has 176 valence electrons. The molecule has 3 aliphatic heterocycles. The fraction of sp³-hybridized carbons (Fsp3) is 0.654. The second-order valence-electron chi connectivity index (χ2n) is 9.89. The number of rotatable bonds is 10. The van der Waals surface area contributed by atoms with E-state index in [1.165, 1.54) is 25.7 Å². The van der Waals surface area contributed by atoms with Crippen molar-refractivity contribution in [2.45, 2.75) is 108 Å². The van der Waals surface area contributed by atoms with E-state index in [-0.39, 0.29) is 30.7 Å². The van der Waals surface area contributed by atoms with Crippen LogP contribution in [-0.2, 0) is 29.1 Å². The van der Waals surface area contributed by atoms with Crippen LogP contribution in [0.3, 0.4) is 0 Å². The maximum absolute atomic E-state index is 11.6. The van der Waals surface area contributed by atoms with Gasteiger partial charge in [-0.3, -0.25) is 4.79 Å². The van der Waals surface area contributed by atoms with Gasteiger partial charge >= 0.3 is 5.97 Å². The summed E-state index contributed by atoms with van der Waals surface area (Å²) in [5.74, 6) is -0.193. The molecule has 1 aromatic carbocycles. The van der Waals surface area contributed by atoms with Crippen molar-refractivity contribution in [1.82, 2.24) is 0 Å². The second-order valence-corrected chi connectivity index (χ2v) is 9.89. The van der Waals surface area contributed by atoms with Crippen molar-refractivity contribution in [2.75, 3.05) is 0 Å². The van der Waals surface area contributed by atoms with Crippen molar-refractivity contribution >= 4 is 5.97 Å². The Balaban J connectivity index is 1.05. The van der Waals surface area contributed by atoms with Gasteiger partial charge in [0.05, 0.1) is 6.42 Å². The van der Waals surface area contributed by atoms with Gasteiger partial charge in [-0.15, -0.1) is 0 Å². The Labute approximate surface area is 191 Å². The zero-order chi connectivity index (χ0) is 22.4. The molecular formula is C26H36O6. The third-order valence-corrected chi connectivity index (χ3v) is 6.83. The van der Waals surface area contributed by atoms with Crippen LogP contribution >= 0.6 is 0 Å². The molecule has 0 spiro atoms. The van der Waals surface area contributed by atoms with Crippen molar-refractivity contribution in [1.29, 1.82) is 0 Å². The molecule has 0 aliphatic carbocycles. The number of benzene rings is 1. The van der Waals surface area contributed by atoms with Crippen LogP contribution in [0.15, 0.2) is 42.5 Å². The van der Waals surface area contributed by atoms with E-state index in [1.807, 2.05) is 37.3 Å². The molecule has 3 heterocycles. The van der Waals surface area contributed by atoms with E-state index in [2.05, 4.69) is 19.1 Å². The quantitative estimate of drug-likeness (QED) is 0.193. The summed E-state index contributed by atoms with van der Waals surface area (Å²) in [5.41, 5.74) is 0.169. The second kappa shape index (κ2) is 10.5. The topological polar surface area (TPSA) is 63.2 Å². The smallest absolute Gasteiger partial charge is 0.309 e. The highest BCUT2D eigenvalue weighted by molar-refractivity contribution is 5.73. The van der Waals surface area contributed by atoms with Crippen LogP contribution in [0.2, 0.25) is 0 Å². The van der Waals surface area contributed by atoms with Gasteiger partial charge in [-0.2, -0.15) is 0 Å². The van der Waals surface area contributed by atoms with Gasteiger partial charge in [0.15, 0.2) is 0 Å². The first-order valence-electron chi connectivity index (χ1n) is 12.1. The minimum atomic E-state index is -0.551. The van der Waals surface area contributed by atoms with Gasteiger partial charge in [0, 0.05) is 6.42 Å². The van der Waals surface area contributed by atoms with Crippen molar-refractivity contribution in [3.8, 4) is 0 Å².